The molecule has 1 heterocycles. The van der Waals surface area contributed by atoms with Crippen LogP contribution in [-0.4, -0.2) is 36.1 Å². The number of aliphatic carboxylic acids is 1. The number of carboxylic acids is 1. The van der Waals surface area contributed by atoms with Crippen LogP contribution in [0.2, 0.25) is 0 Å². The molecule has 1 unspecified atom stereocenters. The summed E-state index contributed by atoms with van der Waals surface area (Å²) in [6.07, 6.45) is 7.26. The Balaban J connectivity index is 1.88. The number of carboxylic acid groups (broad SMARTS) is 1. The highest BCUT2D eigenvalue weighted by Crippen LogP contribution is 2.38. The van der Waals surface area contributed by atoms with Crippen molar-refractivity contribution in [2.24, 2.45) is 5.41 Å². The van der Waals surface area contributed by atoms with Crippen LogP contribution in [0.25, 0.3) is 0 Å². The van der Waals surface area contributed by atoms with E-state index in [-0.39, 0.29) is 23.8 Å². The van der Waals surface area contributed by atoms with Crippen LogP contribution < -0.4 is 10.6 Å². The lowest BCUT2D eigenvalue weighted by atomic mass is 9.71. The molecule has 5 nitrogen and oxygen atoms in total. The predicted octanol–water partition coefficient (Wildman–Crippen LogP) is 1.28. The molecule has 1 saturated heterocycles. The Kier molecular flexibility index (Phi) is 4.80. The first-order chi connectivity index (χ1) is 9.11. The van der Waals surface area contributed by atoms with E-state index in [0.29, 0.717) is 6.54 Å². The van der Waals surface area contributed by atoms with Crippen molar-refractivity contribution in [3.8, 4) is 0 Å². The van der Waals surface area contributed by atoms with Crippen molar-refractivity contribution in [3.63, 3.8) is 0 Å². The van der Waals surface area contributed by atoms with Gasteiger partial charge in [0.05, 0.1) is 12.5 Å². The molecule has 108 valence electrons. The summed E-state index contributed by atoms with van der Waals surface area (Å²) in [4.78, 5) is 23.0. The summed E-state index contributed by atoms with van der Waals surface area (Å²) in [5, 5.41) is 15.2. The van der Waals surface area contributed by atoms with E-state index in [1.54, 1.807) is 0 Å². The highest BCUT2D eigenvalue weighted by atomic mass is 16.4. The van der Waals surface area contributed by atoms with Crippen LogP contribution in [0.3, 0.4) is 0 Å². The zero-order chi connectivity index (χ0) is 13.7. The third-order valence-electron chi connectivity index (χ3n) is 4.45. The Morgan fingerprint density at radius 3 is 2.53 bits per heavy atom. The van der Waals surface area contributed by atoms with Gasteiger partial charge in [-0.15, -0.1) is 0 Å². The molecule has 0 aromatic carbocycles. The smallest absolute Gasteiger partial charge is 0.303 e. The lowest BCUT2D eigenvalue weighted by molar-refractivity contribution is -0.140. The summed E-state index contributed by atoms with van der Waals surface area (Å²) in [5.41, 5.74) is -0.224. The second kappa shape index (κ2) is 6.37. The van der Waals surface area contributed by atoms with E-state index < -0.39 is 5.97 Å². The molecule has 0 radical (unpaired) electrons. The van der Waals surface area contributed by atoms with E-state index in [4.69, 9.17) is 5.11 Å². The van der Waals surface area contributed by atoms with Crippen LogP contribution in [0, 0.1) is 5.41 Å². The summed E-state index contributed by atoms with van der Waals surface area (Å²) >= 11 is 0. The SMILES string of the molecule is O=C(O)CC1(CNC(=O)C2CCCN2)CCCCC1. The van der Waals surface area contributed by atoms with Crippen molar-refractivity contribution in [3.05, 3.63) is 0 Å². The van der Waals surface area contributed by atoms with Gasteiger partial charge in [-0.2, -0.15) is 0 Å². The quantitative estimate of drug-likeness (QED) is 0.702. The molecular weight excluding hydrogens is 244 g/mol. The molecule has 0 spiro atoms. The van der Waals surface area contributed by atoms with E-state index in [2.05, 4.69) is 10.6 Å². The zero-order valence-electron chi connectivity index (χ0n) is 11.4. The van der Waals surface area contributed by atoms with Gasteiger partial charge in [-0.1, -0.05) is 19.3 Å². The summed E-state index contributed by atoms with van der Waals surface area (Å²) in [7, 11) is 0. The third kappa shape index (κ3) is 3.93. The molecule has 2 aliphatic rings. The first-order valence-corrected chi connectivity index (χ1v) is 7.34. The maximum Gasteiger partial charge on any atom is 0.303 e. The van der Waals surface area contributed by atoms with Gasteiger partial charge in [0.25, 0.3) is 0 Å². The molecule has 0 bridgehead atoms. The van der Waals surface area contributed by atoms with Crippen LogP contribution in [0.5, 0.6) is 0 Å². The number of carbonyl (C=O) groups excluding carboxylic acids is 1. The second-order valence-corrected chi connectivity index (χ2v) is 6.00. The van der Waals surface area contributed by atoms with Crippen molar-refractivity contribution in [1.82, 2.24) is 10.6 Å². The average Bonchev–Trinajstić information content (AvgIpc) is 2.90. The van der Waals surface area contributed by atoms with Gasteiger partial charge in [0.2, 0.25) is 5.91 Å². The topological polar surface area (TPSA) is 78.4 Å². The van der Waals surface area contributed by atoms with Gasteiger partial charge in [-0.05, 0) is 37.6 Å². The summed E-state index contributed by atoms with van der Waals surface area (Å²) in [6, 6.07) is -0.0783. The Bertz CT molecular complexity index is 332. The Hall–Kier alpha value is -1.10. The lowest BCUT2D eigenvalue weighted by Gasteiger charge is -2.36. The number of carbonyl (C=O) groups is 2. The van der Waals surface area contributed by atoms with Crippen LogP contribution in [0.4, 0.5) is 0 Å². The normalized spacial score (nSPS) is 26.0. The molecule has 2 fully saturated rings. The van der Waals surface area contributed by atoms with Crippen molar-refractivity contribution < 1.29 is 14.7 Å². The molecule has 2 rings (SSSR count). The Morgan fingerprint density at radius 1 is 1.21 bits per heavy atom. The van der Waals surface area contributed by atoms with Crippen molar-refractivity contribution in [2.75, 3.05) is 13.1 Å². The number of nitrogens with one attached hydrogen (secondary N) is 2. The first kappa shape index (κ1) is 14.3. The molecular formula is C14H24N2O3. The maximum atomic E-state index is 12.0. The van der Waals surface area contributed by atoms with Crippen molar-refractivity contribution in [2.45, 2.75) is 57.4 Å². The standard InChI is InChI=1S/C14H24N2O3/c17-12(18)9-14(6-2-1-3-7-14)10-16-13(19)11-5-4-8-15-11/h11,15H,1-10H2,(H,16,19)(H,17,18). The number of hydrogen-bond acceptors (Lipinski definition) is 3. The molecule has 3 N–H and O–H groups in total. The zero-order valence-corrected chi connectivity index (χ0v) is 11.4. The second-order valence-electron chi connectivity index (χ2n) is 6.00. The largest absolute Gasteiger partial charge is 0.481 e. The number of hydrogen-bond donors (Lipinski definition) is 3. The number of amides is 1. The van der Waals surface area contributed by atoms with Crippen LogP contribution in [0.15, 0.2) is 0 Å². The fraction of sp³-hybridized carbons (Fsp3) is 0.857. The molecule has 0 aromatic rings. The van der Waals surface area contributed by atoms with Gasteiger partial charge in [0, 0.05) is 6.54 Å². The lowest BCUT2D eigenvalue weighted by Crippen LogP contribution is -2.46. The third-order valence-corrected chi connectivity index (χ3v) is 4.45. The fourth-order valence-electron chi connectivity index (χ4n) is 3.34. The molecule has 1 aliphatic carbocycles. The van der Waals surface area contributed by atoms with Gasteiger partial charge in [-0.3, -0.25) is 9.59 Å². The minimum Gasteiger partial charge on any atom is -0.481 e. The monoisotopic (exact) mass is 268 g/mol. The molecule has 1 aliphatic heterocycles. The molecule has 19 heavy (non-hydrogen) atoms. The van der Waals surface area contributed by atoms with Gasteiger partial charge in [0.1, 0.15) is 0 Å². The van der Waals surface area contributed by atoms with Crippen molar-refractivity contribution >= 4 is 11.9 Å². The minimum atomic E-state index is -0.754. The van der Waals surface area contributed by atoms with Gasteiger partial charge in [-0.25, -0.2) is 0 Å². The predicted molar refractivity (Wildman–Crippen MR) is 71.8 cm³/mol. The van der Waals surface area contributed by atoms with Crippen LogP contribution >= 0.6 is 0 Å². The van der Waals surface area contributed by atoms with Crippen LogP contribution in [-0.2, 0) is 9.59 Å². The van der Waals surface area contributed by atoms with E-state index in [9.17, 15) is 9.59 Å². The first-order valence-electron chi connectivity index (χ1n) is 7.34. The summed E-state index contributed by atoms with van der Waals surface area (Å²) < 4.78 is 0. The van der Waals surface area contributed by atoms with E-state index in [0.717, 1.165) is 45.1 Å². The number of rotatable bonds is 5. The van der Waals surface area contributed by atoms with Crippen LogP contribution in [0.1, 0.15) is 51.4 Å². The van der Waals surface area contributed by atoms with Gasteiger partial charge >= 0.3 is 5.97 Å². The highest BCUT2D eigenvalue weighted by molar-refractivity contribution is 5.82. The Labute approximate surface area is 114 Å². The van der Waals surface area contributed by atoms with Crippen molar-refractivity contribution in [1.29, 1.82) is 0 Å². The van der Waals surface area contributed by atoms with Gasteiger partial charge in [0.15, 0.2) is 0 Å². The highest BCUT2D eigenvalue weighted by Gasteiger charge is 2.35. The average molecular weight is 268 g/mol. The molecule has 1 amide bonds. The fourth-order valence-corrected chi connectivity index (χ4v) is 3.34. The Morgan fingerprint density at radius 2 is 1.95 bits per heavy atom. The molecule has 0 aromatic heterocycles. The summed E-state index contributed by atoms with van der Waals surface area (Å²) in [6.45, 7) is 1.41. The molecule has 1 saturated carbocycles. The molecule has 5 heteroatoms. The minimum absolute atomic E-state index is 0.0350. The van der Waals surface area contributed by atoms with E-state index >= 15 is 0 Å². The van der Waals surface area contributed by atoms with E-state index in [1.807, 2.05) is 0 Å². The molecule has 1 atom stereocenters. The van der Waals surface area contributed by atoms with Gasteiger partial charge < -0.3 is 15.7 Å². The van der Waals surface area contributed by atoms with E-state index in [1.165, 1.54) is 6.42 Å². The summed E-state index contributed by atoms with van der Waals surface area (Å²) in [5.74, 6) is -0.719. The maximum absolute atomic E-state index is 12.0.